The highest BCUT2D eigenvalue weighted by Gasteiger charge is 2.19. The third-order valence-corrected chi connectivity index (χ3v) is 4.23. The van der Waals surface area contributed by atoms with Crippen molar-refractivity contribution in [3.8, 4) is 0 Å². The summed E-state index contributed by atoms with van der Waals surface area (Å²) in [7, 11) is 0. The van der Waals surface area contributed by atoms with Gasteiger partial charge in [0.15, 0.2) is 5.11 Å². The second-order valence-corrected chi connectivity index (χ2v) is 7.08. The molecule has 0 saturated carbocycles. The number of thioether (sulfide) groups is 1. The van der Waals surface area contributed by atoms with E-state index in [-0.39, 0.29) is 5.11 Å². The number of anilines is 1. The molecule has 1 rings (SSSR count). The van der Waals surface area contributed by atoms with Crippen LogP contribution in [0.1, 0.15) is 31.7 Å². The summed E-state index contributed by atoms with van der Waals surface area (Å²) in [6, 6.07) is 6.41. The summed E-state index contributed by atoms with van der Waals surface area (Å²) in [5, 5.41) is 5.63. The zero-order valence-corrected chi connectivity index (χ0v) is 16.2. The molecule has 0 radical (unpaired) electrons. The molecule has 0 fully saturated rings. The van der Waals surface area contributed by atoms with E-state index in [1.165, 1.54) is 5.56 Å². The van der Waals surface area contributed by atoms with E-state index in [1.807, 2.05) is 30.5 Å². The molecule has 0 aromatic heterocycles. The van der Waals surface area contributed by atoms with Gasteiger partial charge in [-0.15, -0.1) is 0 Å². The third-order valence-electron chi connectivity index (χ3n) is 3.38. The molecule has 0 bridgehead atoms. The number of thiocarbonyl (C=S) groups is 1. The van der Waals surface area contributed by atoms with Crippen LogP contribution in [-0.2, 0) is 4.79 Å². The Hall–Kier alpha value is -2.00. The third kappa shape index (κ3) is 8.08. The zero-order valence-electron chi connectivity index (χ0n) is 14.6. The average Bonchev–Trinajstić information content (AvgIpc) is 2.56. The van der Waals surface area contributed by atoms with E-state index in [1.54, 1.807) is 11.8 Å². The van der Waals surface area contributed by atoms with Gasteiger partial charge in [0.25, 0.3) is 5.91 Å². The van der Waals surface area contributed by atoms with Gasteiger partial charge < -0.3 is 16.4 Å². The number of amides is 3. The van der Waals surface area contributed by atoms with Crippen LogP contribution in [0.15, 0.2) is 24.3 Å². The number of urea groups is 1. The van der Waals surface area contributed by atoms with Crippen LogP contribution in [0.25, 0.3) is 0 Å². The Labute approximate surface area is 157 Å². The van der Waals surface area contributed by atoms with Crippen molar-refractivity contribution < 1.29 is 9.59 Å². The first kappa shape index (κ1) is 21.0. The van der Waals surface area contributed by atoms with Gasteiger partial charge >= 0.3 is 6.03 Å². The average molecular weight is 384 g/mol. The molecule has 0 aliphatic rings. The molecule has 0 aliphatic carbocycles. The number of hydrogen-bond donors (Lipinski definition) is 5. The Morgan fingerprint density at radius 2 is 1.84 bits per heavy atom. The highest BCUT2D eigenvalue weighted by atomic mass is 32.2. The second-order valence-electron chi connectivity index (χ2n) is 5.69. The van der Waals surface area contributed by atoms with Crippen molar-refractivity contribution in [1.82, 2.24) is 16.2 Å². The molecule has 1 aromatic carbocycles. The highest BCUT2D eigenvalue weighted by Crippen LogP contribution is 2.16. The minimum absolute atomic E-state index is 0.244. The lowest BCUT2D eigenvalue weighted by molar-refractivity contribution is -0.123. The Morgan fingerprint density at radius 3 is 2.36 bits per heavy atom. The number of hydrazine groups is 1. The summed E-state index contributed by atoms with van der Waals surface area (Å²) in [6.07, 6.45) is 2.38. The number of primary amides is 1. The lowest BCUT2D eigenvalue weighted by Crippen LogP contribution is -2.54. The number of rotatable bonds is 7. The summed E-state index contributed by atoms with van der Waals surface area (Å²) in [6.45, 7) is 4.25. The first-order valence-corrected chi connectivity index (χ1v) is 9.65. The van der Waals surface area contributed by atoms with E-state index >= 15 is 0 Å². The molecule has 0 saturated heterocycles. The van der Waals surface area contributed by atoms with Crippen LogP contribution >= 0.6 is 24.0 Å². The molecule has 138 valence electrons. The van der Waals surface area contributed by atoms with Gasteiger partial charge in [0, 0.05) is 5.69 Å². The van der Waals surface area contributed by atoms with E-state index in [2.05, 4.69) is 35.3 Å². The first-order valence-electron chi connectivity index (χ1n) is 7.85. The number of carbonyl (C=O) groups is 2. The molecular weight excluding hydrogens is 358 g/mol. The van der Waals surface area contributed by atoms with E-state index in [0.717, 1.165) is 5.69 Å². The molecule has 6 N–H and O–H groups in total. The van der Waals surface area contributed by atoms with Gasteiger partial charge in [-0.1, -0.05) is 26.0 Å². The Balaban J connectivity index is 2.50. The fraction of sp³-hybridized carbons (Fsp3) is 0.438. The van der Waals surface area contributed by atoms with Crippen molar-refractivity contribution >= 4 is 46.7 Å². The predicted octanol–water partition coefficient (Wildman–Crippen LogP) is 1.92. The lowest BCUT2D eigenvalue weighted by atomic mass is 10.0. The smallest absolute Gasteiger partial charge is 0.312 e. The van der Waals surface area contributed by atoms with Crippen LogP contribution in [0, 0.1) is 0 Å². The predicted molar refractivity (Wildman–Crippen MR) is 108 cm³/mol. The zero-order chi connectivity index (χ0) is 18.8. The van der Waals surface area contributed by atoms with Crippen molar-refractivity contribution in [2.24, 2.45) is 5.73 Å². The topological polar surface area (TPSA) is 108 Å². The molecule has 0 heterocycles. The maximum atomic E-state index is 12.1. The highest BCUT2D eigenvalue weighted by molar-refractivity contribution is 7.98. The SMILES string of the molecule is CSCC[C@H](NC(N)=O)C(=O)NNC(=S)Nc1ccc(C(C)C)cc1. The number of nitrogens with two attached hydrogens (primary N) is 1. The van der Waals surface area contributed by atoms with E-state index in [0.29, 0.717) is 18.1 Å². The number of nitrogens with one attached hydrogen (secondary N) is 4. The van der Waals surface area contributed by atoms with Crippen LogP contribution in [0.3, 0.4) is 0 Å². The quantitative estimate of drug-likeness (QED) is 0.364. The van der Waals surface area contributed by atoms with E-state index < -0.39 is 18.0 Å². The molecule has 0 unspecified atom stereocenters. The van der Waals surface area contributed by atoms with Crippen LogP contribution in [0.2, 0.25) is 0 Å². The molecule has 0 spiro atoms. The second kappa shape index (κ2) is 10.8. The number of carbonyl (C=O) groups excluding carboxylic acids is 2. The summed E-state index contributed by atoms with van der Waals surface area (Å²) in [5.74, 6) is 0.755. The van der Waals surface area contributed by atoms with Gasteiger partial charge in [-0.3, -0.25) is 15.6 Å². The van der Waals surface area contributed by atoms with Crippen molar-refractivity contribution in [3.05, 3.63) is 29.8 Å². The van der Waals surface area contributed by atoms with Crippen molar-refractivity contribution in [2.45, 2.75) is 32.2 Å². The van der Waals surface area contributed by atoms with Crippen molar-refractivity contribution in [1.29, 1.82) is 0 Å². The van der Waals surface area contributed by atoms with Gasteiger partial charge in [0.05, 0.1) is 0 Å². The maximum absolute atomic E-state index is 12.1. The summed E-state index contributed by atoms with van der Waals surface area (Å²) < 4.78 is 0. The Bertz CT molecular complexity index is 593. The molecule has 1 atom stereocenters. The summed E-state index contributed by atoms with van der Waals surface area (Å²) in [5.41, 5.74) is 12.2. The normalized spacial score (nSPS) is 11.5. The van der Waals surface area contributed by atoms with Gasteiger partial charge in [-0.2, -0.15) is 11.8 Å². The monoisotopic (exact) mass is 383 g/mol. The summed E-state index contributed by atoms with van der Waals surface area (Å²) >= 11 is 6.72. The minimum atomic E-state index is -0.743. The van der Waals surface area contributed by atoms with E-state index in [4.69, 9.17) is 18.0 Å². The minimum Gasteiger partial charge on any atom is -0.352 e. The van der Waals surface area contributed by atoms with Gasteiger partial charge in [-0.25, -0.2) is 4.79 Å². The van der Waals surface area contributed by atoms with Crippen molar-refractivity contribution in [3.63, 3.8) is 0 Å². The van der Waals surface area contributed by atoms with Crippen LogP contribution in [-0.4, -0.2) is 35.1 Å². The molecule has 7 nitrogen and oxygen atoms in total. The van der Waals surface area contributed by atoms with Crippen LogP contribution in [0.5, 0.6) is 0 Å². The lowest BCUT2D eigenvalue weighted by Gasteiger charge is -2.18. The largest absolute Gasteiger partial charge is 0.352 e. The van der Waals surface area contributed by atoms with Crippen LogP contribution in [0.4, 0.5) is 10.5 Å². The number of hydrogen-bond acceptors (Lipinski definition) is 4. The summed E-state index contributed by atoms with van der Waals surface area (Å²) in [4.78, 5) is 23.1. The molecule has 3 amide bonds. The molecule has 25 heavy (non-hydrogen) atoms. The first-order chi connectivity index (χ1) is 11.8. The Kier molecular flexibility index (Phi) is 9.07. The van der Waals surface area contributed by atoms with Gasteiger partial charge in [0.2, 0.25) is 0 Å². The molecular formula is C16H25N5O2S2. The molecule has 1 aromatic rings. The molecule has 9 heteroatoms. The van der Waals surface area contributed by atoms with E-state index in [9.17, 15) is 9.59 Å². The Morgan fingerprint density at radius 1 is 1.20 bits per heavy atom. The van der Waals surface area contributed by atoms with Crippen LogP contribution < -0.4 is 27.2 Å². The fourth-order valence-electron chi connectivity index (χ4n) is 2.00. The van der Waals surface area contributed by atoms with Gasteiger partial charge in [0.1, 0.15) is 6.04 Å². The maximum Gasteiger partial charge on any atom is 0.312 e. The number of benzene rings is 1. The van der Waals surface area contributed by atoms with Gasteiger partial charge in [-0.05, 0) is 54.3 Å². The standard InChI is InChI=1S/C16H25N5O2S2/c1-10(2)11-4-6-12(7-5-11)18-16(24)21-20-14(22)13(8-9-25-3)19-15(17)23/h4-7,10,13H,8-9H2,1-3H3,(H,20,22)(H3,17,19,23)(H2,18,21,24)/t13-/m0/s1. The fourth-order valence-corrected chi connectivity index (χ4v) is 2.64. The molecule has 0 aliphatic heterocycles. The van der Waals surface area contributed by atoms with Crippen molar-refractivity contribution in [2.75, 3.05) is 17.3 Å².